The zero-order valence-electron chi connectivity index (χ0n) is 14.5. The Balaban J connectivity index is 1.18. The number of nitrogens with one attached hydrogen (secondary N) is 2. The molecule has 3 fully saturated rings. The van der Waals surface area contributed by atoms with E-state index >= 15 is 0 Å². The number of piperidine rings is 1. The zero-order valence-corrected chi connectivity index (χ0v) is 14.5. The first-order valence-corrected chi connectivity index (χ1v) is 9.29. The van der Waals surface area contributed by atoms with Crippen molar-refractivity contribution >= 4 is 23.0 Å². The van der Waals surface area contributed by atoms with Crippen LogP contribution in [0.25, 0.3) is 11.0 Å². The van der Waals surface area contributed by atoms with Crippen molar-refractivity contribution in [3.63, 3.8) is 0 Å². The third-order valence-electron chi connectivity index (χ3n) is 6.13. The standard InChI is InChI=1S/C19H22N4O3/c24-17(14-9-19(10-14)11-26-18(25)22-19)23-6-3-12(4-7-23)15-8-13-2-1-5-20-16(13)21-15/h1-2,5,8,12,14H,3-4,6-7,9-11H2,(H,20,21)(H,22,25). The molecule has 1 aliphatic carbocycles. The van der Waals surface area contributed by atoms with Gasteiger partial charge < -0.3 is 19.9 Å². The van der Waals surface area contributed by atoms with E-state index in [4.69, 9.17) is 4.74 Å². The Morgan fingerprint density at radius 3 is 2.81 bits per heavy atom. The number of fused-ring (bicyclic) bond motifs is 1. The molecule has 0 aromatic carbocycles. The zero-order chi connectivity index (χ0) is 17.7. The van der Waals surface area contributed by atoms with Gasteiger partial charge in [-0.15, -0.1) is 0 Å². The summed E-state index contributed by atoms with van der Waals surface area (Å²) in [5.41, 5.74) is 1.87. The Bertz CT molecular complexity index is 830. The largest absolute Gasteiger partial charge is 0.447 e. The molecule has 136 valence electrons. The number of aromatic nitrogens is 2. The average molecular weight is 354 g/mol. The molecule has 7 nitrogen and oxygen atoms in total. The summed E-state index contributed by atoms with van der Waals surface area (Å²) in [6.07, 6.45) is 4.78. The summed E-state index contributed by atoms with van der Waals surface area (Å²) in [7, 11) is 0. The predicted molar refractivity (Wildman–Crippen MR) is 94.6 cm³/mol. The summed E-state index contributed by atoms with van der Waals surface area (Å²) in [5.74, 6) is 0.697. The Kier molecular flexibility index (Phi) is 3.45. The summed E-state index contributed by atoms with van der Waals surface area (Å²) < 4.78 is 4.99. The number of rotatable bonds is 2. The van der Waals surface area contributed by atoms with E-state index in [0.29, 0.717) is 25.4 Å². The maximum absolute atomic E-state index is 12.7. The van der Waals surface area contributed by atoms with E-state index in [9.17, 15) is 9.59 Å². The number of hydrogen-bond donors (Lipinski definition) is 2. The van der Waals surface area contributed by atoms with Gasteiger partial charge in [0.15, 0.2) is 0 Å². The fourth-order valence-corrected chi connectivity index (χ4v) is 4.64. The number of nitrogens with zero attached hydrogens (tertiary/aromatic N) is 2. The maximum atomic E-state index is 12.7. The van der Waals surface area contributed by atoms with Gasteiger partial charge in [0.25, 0.3) is 0 Å². The molecule has 2 amide bonds. The van der Waals surface area contributed by atoms with E-state index in [2.05, 4.69) is 27.4 Å². The minimum Gasteiger partial charge on any atom is -0.447 e. The van der Waals surface area contributed by atoms with Gasteiger partial charge in [0.2, 0.25) is 5.91 Å². The van der Waals surface area contributed by atoms with Crippen LogP contribution in [0.5, 0.6) is 0 Å². The fraction of sp³-hybridized carbons (Fsp3) is 0.526. The highest BCUT2D eigenvalue weighted by atomic mass is 16.6. The number of amides is 2. The Labute approximate surface area is 151 Å². The lowest BCUT2D eigenvalue weighted by atomic mass is 9.68. The van der Waals surface area contributed by atoms with E-state index in [1.54, 1.807) is 6.20 Å². The van der Waals surface area contributed by atoms with Gasteiger partial charge in [0.1, 0.15) is 12.3 Å². The van der Waals surface area contributed by atoms with E-state index in [0.717, 1.165) is 37.0 Å². The second kappa shape index (κ2) is 5.72. The summed E-state index contributed by atoms with van der Waals surface area (Å²) >= 11 is 0. The van der Waals surface area contributed by atoms with E-state index in [-0.39, 0.29) is 23.5 Å². The van der Waals surface area contributed by atoms with Crippen LogP contribution in [-0.2, 0) is 9.53 Å². The molecule has 26 heavy (non-hydrogen) atoms. The molecule has 1 saturated carbocycles. The molecule has 2 aromatic heterocycles. The number of H-pyrrole nitrogens is 1. The van der Waals surface area contributed by atoms with Crippen molar-refractivity contribution in [3.8, 4) is 0 Å². The van der Waals surface area contributed by atoms with Crippen molar-refractivity contribution in [2.45, 2.75) is 37.1 Å². The van der Waals surface area contributed by atoms with Gasteiger partial charge >= 0.3 is 6.09 Å². The fourth-order valence-electron chi connectivity index (χ4n) is 4.64. The SMILES string of the molecule is O=C1NC2(CO1)CC(C(=O)N1CCC(c3cc4cccnc4[nH]3)CC1)C2. The molecule has 3 aliphatic rings. The Hall–Kier alpha value is -2.57. The first kappa shape index (κ1) is 15.7. The number of carbonyl (C=O) groups excluding carboxylic acids is 2. The molecule has 0 atom stereocenters. The Morgan fingerprint density at radius 1 is 1.31 bits per heavy atom. The monoisotopic (exact) mass is 354 g/mol. The van der Waals surface area contributed by atoms with Crippen molar-refractivity contribution in [3.05, 3.63) is 30.1 Å². The number of cyclic esters (lactones) is 1. The summed E-state index contributed by atoms with van der Waals surface area (Å²) in [5, 5.41) is 3.99. The van der Waals surface area contributed by atoms with Crippen LogP contribution in [0.1, 0.15) is 37.3 Å². The van der Waals surface area contributed by atoms with Gasteiger partial charge in [0, 0.05) is 42.2 Å². The van der Waals surface area contributed by atoms with Crippen molar-refractivity contribution in [2.24, 2.45) is 5.92 Å². The molecule has 4 heterocycles. The summed E-state index contributed by atoms with van der Waals surface area (Å²) in [4.78, 5) is 33.7. The second-order valence-electron chi connectivity index (χ2n) is 7.85. The number of carbonyl (C=O) groups is 2. The van der Waals surface area contributed by atoms with Gasteiger partial charge in [-0.2, -0.15) is 0 Å². The van der Waals surface area contributed by atoms with Crippen LogP contribution in [-0.4, -0.2) is 52.1 Å². The van der Waals surface area contributed by atoms with Gasteiger partial charge in [-0.05, 0) is 43.9 Å². The van der Waals surface area contributed by atoms with Crippen molar-refractivity contribution < 1.29 is 14.3 Å². The molecule has 2 aliphatic heterocycles. The number of alkyl carbamates (subject to hydrolysis) is 1. The van der Waals surface area contributed by atoms with Gasteiger partial charge in [-0.25, -0.2) is 9.78 Å². The highest BCUT2D eigenvalue weighted by molar-refractivity contribution is 5.82. The van der Waals surface area contributed by atoms with Crippen LogP contribution in [0.2, 0.25) is 0 Å². The highest BCUT2D eigenvalue weighted by Crippen LogP contribution is 2.42. The minimum atomic E-state index is -0.357. The van der Waals surface area contributed by atoms with Crippen LogP contribution in [0.4, 0.5) is 4.79 Å². The first-order valence-electron chi connectivity index (χ1n) is 9.29. The van der Waals surface area contributed by atoms with Gasteiger partial charge in [-0.1, -0.05) is 0 Å². The van der Waals surface area contributed by atoms with Gasteiger partial charge in [-0.3, -0.25) is 4.79 Å². The molecular formula is C19H22N4O3. The maximum Gasteiger partial charge on any atom is 0.407 e. The topological polar surface area (TPSA) is 87.3 Å². The lowest BCUT2D eigenvalue weighted by molar-refractivity contribution is -0.142. The van der Waals surface area contributed by atoms with Crippen LogP contribution in [0.3, 0.4) is 0 Å². The third-order valence-corrected chi connectivity index (χ3v) is 6.13. The van der Waals surface area contributed by atoms with Gasteiger partial charge in [0.05, 0.1) is 5.54 Å². The van der Waals surface area contributed by atoms with Crippen LogP contribution < -0.4 is 5.32 Å². The van der Waals surface area contributed by atoms with Crippen LogP contribution >= 0.6 is 0 Å². The molecule has 5 rings (SSSR count). The molecule has 2 N–H and O–H groups in total. The van der Waals surface area contributed by atoms with E-state index in [1.807, 2.05) is 11.0 Å². The second-order valence-corrected chi connectivity index (χ2v) is 7.85. The highest BCUT2D eigenvalue weighted by Gasteiger charge is 2.53. The van der Waals surface area contributed by atoms with E-state index < -0.39 is 0 Å². The molecule has 7 heteroatoms. The molecule has 2 aromatic rings. The lowest BCUT2D eigenvalue weighted by Crippen LogP contribution is -2.58. The summed E-state index contributed by atoms with van der Waals surface area (Å²) in [6, 6.07) is 6.20. The number of likely N-dealkylation sites (tertiary alicyclic amines) is 1. The number of hydrogen-bond acceptors (Lipinski definition) is 4. The molecule has 2 saturated heterocycles. The van der Waals surface area contributed by atoms with Crippen LogP contribution in [0.15, 0.2) is 24.4 Å². The number of pyridine rings is 1. The smallest absolute Gasteiger partial charge is 0.407 e. The normalized spacial score (nSPS) is 28.8. The molecular weight excluding hydrogens is 332 g/mol. The van der Waals surface area contributed by atoms with Crippen LogP contribution in [0, 0.1) is 5.92 Å². The first-order chi connectivity index (χ1) is 12.6. The lowest BCUT2D eigenvalue weighted by Gasteiger charge is -2.44. The Morgan fingerprint density at radius 2 is 2.12 bits per heavy atom. The van der Waals surface area contributed by atoms with Crippen molar-refractivity contribution in [2.75, 3.05) is 19.7 Å². The third kappa shape index (κ3) is 2.53. The predicted octanol–water partition coefficient (Wildman–Crippen LogP) is 2.16. The molecule has 0 unspecified atom stereocenters. The van der Waals surface area contributed by atoms with E-state index in [1.165, 1.54) is 5.69 Å². The molecule has 1 spiro atoms. The van der Waals surface area contributed by atoms with Crippen molar-refractivity contribution in [1.82, 2.24) is 20.2 Å². The quantitative estimate of drug-likeness (QED) is 0.865. The molecule has 0 radical (unpaired) electrons. The number of aromatic amines is 1. The van der Waals surface area contributed by atoms with Crippen molar-refractivity contribution in [1.29, 1.82) is 0 Å². The minimum absolute atomic E-state index is 0.0193. The summed E-state index contributed by atoms with van der Waals surface area (Å²) in [6.45, 7) is 1.98. The number of ether oxygens (including phenoxy) is 1. The average Bonchev–Trinajstić information content (AvgIpc) is 3.23. The molecule has 0 bridgehead atoms.